The first kappa shape index (κ1) is 19.5. The average molecular weight is 343 g/mol. The number of anilines is 1. The Morgan fingerprint density at radius 1 is 1.33 bits per heavy atom. The van der Waals surface area contributed by atoms with Crippen LogP contribution in [-0.4, -0.2) is 33.0 Å². The number of halogens is 3. The molecule has 24 heavy (non-hydrogen) atoms. The monoisotopic (exact) mass is 343 g/mol. The number of hydrogen-bond acceptors (Lipinski definition) is 5. The minimum absolute atomic E-state index is 0.143. The molecule has 1 amide bonds. The Bertz CT molecular complexity index is 635. The van der Waals surface area contributed by atoms with Crippen LogP contribution in [-0.2, 0) is 20.4 Å². The van der Waals surface area contributed by atoms with Gasteiger partial charge >= 0.3 is 6.18 Å². The van der Waals surface area contributed by atoms with Gasteiger partial charge < -0.3 is 20.1 Å². The third-order valence-electron chi connectivity index (χ3n) is 2.90. The van der Waals surface area contributed by atoms with Crippen molar-refractivity contribution in [3.8, 4) is 6.07 Å². The lowest BCUT2D eigenvalue weighted by Gasteiger charge is -2.14. The van der Waals surface area contributed by atoms with Crippen LogP contribution in [0, 0.1) is 11.3 Å². The standard InChI is InChI=1S/C15H16F3N3O3/c1-23-13(24-2)9-20-8-10(7-19)14(22)21-12-6-4-3-5-11(12)15(16,17)18/h3-6,8,13,20H,9H2,1-2H3,(H,21,22)/b10-8-. The number of nitrogens with one attached hydrogen (secondary N) is 2. The van der Waals surface area contributed by atoms with E-state index in [1.54, 1.807) is 6.07 Å². The molecule has 0 spiro atoms. The van der Waals surface area contributed by atoms with Crippen LogP contribution in [0.25, 0.3) is 0 Å². The van der Waals surface area contributed by atoms with Crippen molar-refractivity contribution < 1.29 is 27.4 Å². The first-order valence-electron chi connectivity index (χ1n) is 6.70. The summed E-state index contributed by atoms with van der Waals surface area (Å²) in [5, 5.41) is 13.7. The number of carbonyl (C=O) groups excluding carboxylic acids is 1. The van der Waals surface area contributed by atoms with Gasteiger partial charge in [0.15, 0.2) is 6.29 Å². The van der Waals surface area contributed by atoms with Crippen LogP contribution in [0.5, 0.6) is 0 Å². The molecule has 0 unspecified atom stereocenters. The number of nitriles is 1. The number of para-hydroxylation sites is 1. The summed E-state index contributed by atoms with van der Waals surface area (Å²) in [5.41, 5.74) is -1.82. The lowest BCUT2D eigenvalue weighted by Crippen LogP contribution is -2.27. The van der Waals surface area contributed by atoms with Crippen LogP contribution in [0.4, 0.5) is 18.9 Å². The Kier molecular flexibility index (Phi) is 7.23. The van der Waals surface area contributed by atoms with Crippen LogP contribution in [0.3, 0.4) is 0 Å². The molecule has 0 aliphatic rings. The summed E-state index contributed by atoms with van der Waals surface area (Å²) < 4.78 is 48.4. The number of nitrogens with zero attached hydrogens (tertiary/aromatic N) is 1. The van der Waals surface area contributed by atoms with Crippen molar-refractivity contribution in [1.29, 1.82) is 5.26 Å². The quantitative estimate of drug-likeness (QED) is 0.451. The highest BCUT2D eigenvalue weighted by Crippen LogP contribution is 2.34. The molecule has 1 rings (SSSR count). The largest absolute Gasteiger partial charge is 0.418 e. The normalized spacial score (nSPS) is 12.0. The molecule has 1 aromatic carbocycles. The van der Waals surface area contributed by atoms with Crippen molar-refractivity contribution in [1.82, 2.24) is 5.32 Å². The van der Waals surface area contributed by atoms with Gasteiger partial charge in [0, 0.05) is 20.4 Å². The van der Waals surface area contributed by atoms with Crippen molar-refractivity contribution in [2.45, 2.75) is 12.5 Å². The van der Waals surface area contributed by atoms with Gasteiger partial charge in [-0.05, 0) is 12.1 Å². The molecule has 0 atom stereocenters. The summed E-state index contributed by atoms with van der Waals surface area (Å²) >= 11 is 0. The van der Waals surface area contributed by atoms with Crippen LogP contribution in [0.2, 0.25) is 0 Å². The molecule has 6 nitrogen and oxygen atoms in total. The molecule has 130 valence electrons. The van der Waals surface area contributed by atoms with Crippen molar-refractivity contribution in [3.05, 3.63) is 41.6 Å². The summed E-state index contributed by atoms with van der Waals surface area (Å²) in [6, 6.07) is 6.11. The number of alkyl halides is 3. The summed E-state index contributed by atoms with van der Waals surface area (Å²) in [4.78, 5) is 12.0. The van der Waals surface area contributed by atoms with E-state index in [1.165, 1.54) is 26.4 Å². The predicted octanol–water partition coefficient (Wildman–Crippen LogP) is 2.26. The van der Waals surface area contributed by atoms with Gasteiger partial charge in [0.25, 0.3) is 5.91 Å². The van der Waals surface area contributed by atoms with Gasteiger partial charge in [-0.2, -0.15) is 18.4 Å². The van der Waals surface area contributed by atoms with Crippen molar-refractivity contribution in [2.75, 3.05) is 26.1 Å². The van der Waals surface area contributed by atoms with E-state index in [1.807, 2.05) is 0 Å². The molecule has 0 aromatic heterocycles. The topological polar surface area (TPSA) is 83.4 Å². The molecule has 2 N–H and O–H groups in total. The van der Waals surface area contributed by atoms with Crippen LogP contribution < -0.4 is 10.6 Å². The lowest BCUT2D eigenvalue weighted by molar-refractivity contribution is -0.137. The smallest absolute Gasteiger partial charge is 0.385 e. The fourth-order valence-corrected chi connectivity index (χ4v) is 1.70. The maximum atomic E-state index is 12.9. The Morgan fingerprint density at radius 3 is 2.50 bits per heavy atom. The van der Waals surface area contributed by atoms with Crippen molar-refractivity contribution >= 4 is 11.6 Å². The summed E-state index contributed by atoms with van der Waals surface area (Å²) in [7, 11) is 2.82. The Labute approximate surface area is 136 Å². The average Bonchev–Trinajstić information content (AvgIpc) is 2.54. The third kappa shape index (κ3) is 5.57. The maximum Gasteiger partial charge on any atom is 0.418 e. The zero-order valence-electron chi connectivity index (χ0n) is 13.0. The molecule has 0 saturated heterocycles. The van der Waals surface area contributed by atoms with Gasteiger partial charge in [0.2, 0.25) is 0 Å². The second-order valence-corrected chi connectivity index (χ2v) is 4.48. The van der Waals surface area contributed by atoms with E-state index >= 15 is 0 Å². The molecular formula is C15H16F3N3O3. The second-order valence-electron chi connectivity index (χ2n) is 4.48. The van der Waals surface area contributed by atoms with Gasteiger partial charge in [-0.3, -0.25) is 4.79 Å². The predicted molar refractivity (Wildman–Crippen MR) is 79.6 cm³/mol. The molecule has 1 aromatic rings. The minimum atomic E-state index is -4.62. The van der Waals surface area contributed by atoms with Crippen LogP contribution >= 0.6 is 0 Å². The Morgan fingerprint density at radius 2 is 1.96 bits per heavy atom. The molecule has 9 heteroatoms. The number of methoxy groups -OCH3 is 2. The number of ether oxygens (including phenoxy) is 2. The lowest BCUT2D eigenvalue weighted by atomic mass is 10.1. The first-order valence-corrected chi connectivity index (χ1v) is 6.70. The molecule has 0 fully saturated rings. The van der Waals surface area contributed by atoms with Gasteiger partial charge in [0.1, 0.15) is 11.6 Å². The van der Waals surface area contributed by atoms with E-state index in [0.29, 0.717) is 0 Å². The summed E-state index contributed by atoms with van der Waals surface area (Å²) in [6.45, 7) is 0.143. The SMILES string of the molecule is COC(CN/C=C(/C#N)C(=O)Nc1ccccc1C(F)(F)F)OC. The van der Waals surface area contributed by atoms with E-state index in [-0.39, 0.29) is 6.54 Å². The molecular weight excluding hydrogens is 327 g/mol. The minimum Gasteiger partial charge on any atom is -0.385 e. The molecule has 0 saturated carbocycles. The number of benzene rings is 1. The maximum absolute atomic E-state index is 12.9. The van der Waals surface area contributed by atoms with Crippen LogP contribution in [0.1, 0.15) is 5.56 Å². The zero-order valence-corrected chi connectivity index (χ0v) is 13.0. The van der Waals surface area contributed by atoms with E-state index in [2.05, 4.69) is 10.6 Å². The van der Waals surface area contributed by atoms with Gasteiger partial charge in [0.05, 0.1) is 17.8 Å². The van der Waals surface area contributed by atoms with Crippen molar-refractivity contribution in [3.63, 3.8) is 0 Å². The number of amides is 1. The van der Waals surface area contributed by atoms with E-state index in [9.17, 15) is 18.0 Å². The van der Waals surface area contributed by atoms with Crippen LogP contribution in [0.15, 0.2) is 36.0 Å². The molecule has 0 aliphatic heterocycles. The summed E-state index contributed by atoms with van der Waals surface area (Å²) in [6.07, 6.45) is -4.14. The number of carbonyl (C=O) groups is 1. The van der Waals surface area contributed by atoms with E-state index in [0.717, 1.165) is 18.3 Å². The fraction of sp³-hybridized carbons (Fsp3) is 0.333. The highest BCUT2D eigenvalue weighted by Gasteiger charge is 2.33. The summed E-state index contributed by atoms with van der Waals surface area (Å²) in [5.74, 6) is -0.965. The Hall–Kier alpha value is -2.57. The van der Waals surface area contributed by atoms with Gasteiger partial charge in [-0.1, -0.05) is 12.1 Å². The highest BCUT2D eigenvalue weighted by molar-refractivity contribution is 6.06. The molecule has 0 heterocycles. The fourth-order valence-electron chi connectivity index (χ4n) is 1.70. The molecule has 0 bridgehead atoms. The van der Waals surface area contributed by atoms with E-state index in [4.69, 9.17) is 14.7 Å². The van der Waals surface area contributed by atoms with E-state index < -0.39 is 35.2 Å². The number of hydrogen-bond donors (Lipinski definition) is 2. The zero-order chi connectivity index (χ0) is 18.2. The number of rotatable bonds is 7. The Balaban J connectivity index is 2.84. The molecule has 0 radical (unpaired) electrons. The highest BCUT2D eigenvalue weighted by atomic mass is 19.4. The molecule has 0 aliphatic carbocycles. The third-order valence-corrected chi connectivity index (χ3v) is 2.90. The first-order chi connectivity index (χ1) is 11.3. The van der Waals surface area contributed by atoms with Gasteiger partial charge in [-0.15, -0.1) is 0 Å². The second kappa shape index (κ2) is 8.90. The van der Waals surface area contributed by atoms with Crippen molar-refractivity contribution in [2.24, 2.45) is 0 Å². The van der Waals surface area contributed by atoms with Gasteiger partial charge in [-0.25, -0.2) is 0 Å².